The molecule has 1 rings (SSSR count). The molecule has 1 fully saturated rings. The van der Waals surface area contributed by atoms with E-state index in [1.54, 1.807) is 0 Å². The lowest BCUT2D eigenvalue weighted by molar-refractivity contribution is -0.290. The molecule has 0 spiro atoms. The number of aliphatic hydroxyl groups excluding tert-OH is 1. The maximum atomic E-state index is 11.1. The Kier molecular flexibility index (Phi) is 5.46. The first kappa shape index (κ1) is 16.4. The van der Waals surface area contributed by atoms with Crippen LogP contribution in [-0.2, 0) is 33.3 Å². The molecule has 0 amide bonds. The fourth-order valence-electron chi connectivity index (χ4n) is 1.89. The summed E-state index contributed by atoms with van der Waals surface area (Å²) in [4.78, 5) is 33.3. The first-order valence-electron chi connectivity index (χ1n) is 6.07. The molecule has 1 N–H and O–H groups in total. The van der Waals surface area contributed by atoms with Crippen molar-refractivity contribution in [3.8, 4) is 0 Å². The summed E-state index contributed by atoms with van der Waals surface area (Å²) in [5, 5.41) is 9.99. The van der Waals surface area contributed by atoms with Gasteiger partial charge < -0.3 is 24.1 Å². The number of hydrogen-bond donors (Lipinski definition) is 1. The molecule has 1 heterocycles. The van der Waals surface area contributed by atoms with Gasteiger partial charge >= 0.3 is 17.9 Å². The number of carbonyl (C=O) groups excluding carboxylic acids is 3. The smallest absolute Gasteiger partial charge is 0.305 e. The van der Waals surface area contributed by atoms with E-state index in [1.807, 2.05) is 0 Å². The van der Waals surface area contributed by atoms with Crippen LogP contribution in [0.3, 0.4) is 0 Å². The van der Waals surface area contributed by atoms with Gasteiger partial charge in [0.1, 0.15) is 6.10 Å². The van der Waals surface area contributed by atoms with Gasteiger partial charge in [0, 0.05) is 20.8 Å². The van der Waals surface area contributed by atoms with Crippen molar-refractivity contribution < 1.29 is 38.4 Å². The number of rotatable bonds is 3. The normalized spacial score (nSPS) is 33.1. The van der Waals surface area contributed by atoms with E-state index in [9.17, 15) is 19.5 Å². The molecule has 0 bridgehead atoms. The average molecular weight is 290 g/mol. The van der Waals surface area contributed by atoms with Crippen molar-refractivity contribution in [2.24, 2.45) is 0 Å². The summed E-state index contributed by atoms with van der Waals surface area (Å²) in [5.41, 5.74) is 0. The monoisotopic (exact) mass is 290 g/mol. The number of aliphatic hydroxyl groups is 1. The predicted molar refractivity (Wildman–Crippen MR) is 63.2 cm³/mol. The van der Waals surface area contributed by atoms with E-state index in [-0.39, 0.29) is 0 Å². The van der Waals surface area contributed by atoms with Gasteiger partial charge in [0.05, 0.1) is 6.10 Å². The van der Waals surface area contributed by atoms with E-state index >= 15 is 0 Å². The van der Waals surface area contributed by atoms with Crippen LogP contribution in [0.25, 0.3) is 0 Å². The summed E-state index contributed by atoms with van der Waals surface area (Å²) >= 11 is 0. The Morgan fingerprint density at radius 1 is 0.900 bits per heavy atom. The molecular weight excluding hydrogens is 272 g/mol. The van der Waals surface area contributed by atoms with Crippen LogP contribution >= 0.6 is 0 Å². The average Bonchev–Trinajstić information content (AvgIpc) is 2.28. The molecule has 0 aromatic heterocycles. The highest BCUT2D eigenvalue weighted by Gasteiger charge is 2.49. The minimum absolute atomic E-state index is 0.655. The second-order valence-corrected chi connectivity index (χ2v) is 4.46. The molecule has 114 valence electrons. The van der Waals surface area contributed by atoms with Crippen molar-refractivity contribution in [2.75, 3.05) is 0 Å². The van der Waals surface area contributed by atoms with E-state index in [4.69, 9.17) is 18.9 Å². The van der Waals surface area contributed by atoms with Gasteiger partial charge in [-0.3, -0.25) is 14.4 Å². The van der Waals surface area contributed by atoms with Crippen molar-refractivity contribution in [2.45, 2.75) is 58.4 Å². The Labute approximate surface area is 115 Å². The Hall–Kier alpha value is -1.67. The molecule has 0 saturated carbocycles. The van der Waals surface area contributed by atoms with Crippen molar-refractivity contribution in [1.82, 2.24) is 0 Å². The third-order valence-electron chi connectivity index (χ3n) is 2.64. The number of esters is 3. The molecule has 0 radical (unpaired) electrons. The largest absolute Gasteiger partial charge is 0.455 e. The zero-order valence-corrected chi connectivity index (χ0v) is 11.7. The maximum Gasteiger partial charge on any atom is 0.305 e. The lowest BCUT2D eigenvalue weighted by atomic mass is 9.99. The molecule has 0 aromatic carbocycles. The molecule has 2 unspecified atom stereocenters. The van der Waals surface area contributed by atoms with E-state index in [1.165, 1.54) is 6.92 Å². The van der Waals surface area contributed by atoms with Crippen LogP contribution in [0.15, 0.2) is 0 Å². The minimum Gasteiger partial charge on any atom is -0.455 e. The van der Waals surface area contributed by atoms with Crippen LogP contribution in [0, 0.1) is 0 Å². The summed E-state index contributed by atoms with van der Waals surface area (Å²) in [6.07, 6.45) is -5.64. The standard InChI is InChI=1S/C12H18O8/c1-5-9(16)10(18-6(2)13)11(19-7(3)14)12(17-5)20-8(4)15/h5,9-12,16H,1-4H3/t5-,9+,10+,11?,12?/m0/s1. The van der Waals surface area contributed by atoms with Gasteiger partial charge in [-0.25, -0.2) is 0 Å². The molecule has 1 aliphatic heterocycles. The predicted octanol–water partition coefficient (Wildman–Crippen LogP) is -0.481. The van der Waals surface area contributed by atoms with Gasteiger partial charge in [-0.05, 0) is 6.92 Å². The van der Waals surface area contributed by atoms with Crippen molar-refractivity contribution in [3.05, 3.63) is 0 Å². The number of hydrogen-bond acceptors (Lipinski definition) is 8. The van der Waals surface area contributed by atoms with Gasteiger partial charge in [-0.1, -0.05) is 0 Å². The number of ether oxygens (including phenoxy) is 4. The summed E-state index contributed by atoms with van der Waals surface area (Å²) < 4.78 is 20.1. The summed E-state index contributed by atoms with van der Waals surface area (Å²) in [6, 6.07) is 0. The Balaban J connectivity index is 3.00. The second-order valence-electron chi connectivity index (χ2n) is 4.46. The first-order valence-corrected chi connectivity index (χ1v) is 6.07. The summed E-state index contributed by atoms with van der Waals surface area (Å²) in [6.45, 7) is 4.96. The molecular formula is C12H18O8. The van der Waals surface area contributed by atoms with Gasteiger partial charge in [0.25, 0.3) is 0 Å². The highest BCUT2D eigenvalue weighted by molar-refractivity contribution is 5.68. The van der Waals surface area contributed by atoms with Crippen LogP contribution < -0.4 is 0 Å². The molecule has 5 atom stereocenters. The van der Waals surface area contributed by atoms with Gasteiger partial charge in [-0.15, -0.1) is 0 Å². The Bertz CT molecular complexity index is 393. The maximum absolute atomic E-state index is 11.1. The second kappa shape index (κ2) is 6.67. The molecule has 0 aromatic rings. The summed E-state index contributed by atoms with van der Waals surface area (Å²) in [7, 11) is 0. The highest BCUT2D eigenvalue weighted by atomic mass is 16.7. The zero-order valence-electron chi connectivity index (χ0n) is 11.7. The van der Waals surface area contributed by atoms with E-state index in [0.717, 1.165) is 20.8 Å². The SMILES string of the molecule is CC(=O)OC1O[C@@H](C)[C@@H](O)[C@@H](OC(C)=O)C1OC(C)=O. The lowest BCUT2D eigenvalue weighted by Crippen LogP contribution is -2.60. The quantitative estimate of drug-likeness (QED) is 0.548. The van der Waals surface area contributed by atoms with Gasteiger partial charge in [0.2, 0.25) is 12.4 Å². The zero-order chi connectivity index (χ0) is 15.4. The topological polar surface area (TPSA) is 108 Å². The van der Waals surface area contributed by atoms with Crippen LogP contribution in [0.5, 0.6) is 0 Å². The molecule has 8 heteroatoms. The third kappa shape index (κ3) is 4.17. The highest BCUT2D eigenvalue weighted by Crippen LogP contribution is 2.27. The molecule has 1 saturated heterocycles. The molecule has 1 aliphatic rings. The van der Waals surface area contributed by atoms with E-state index in [2.05, 4.69) is 0 Å². The number of carbonyl (C=O) groups is 3. The van der Waals surface area contributed by atoms with Crippen LogP contribution in [0.2, 0.25) is 0 Å². The van der Waals surface area contributed by atoms with E-state index < -0.39 is 48.6 Å². The molecule has 20 heavy (non-hydrogen) atoms. The fraction of sp³-hybridized carbons (Fsp3) is 0.750. The third-order valence-corrected chi connectivity index (χ3v) is 2.64. The Morgan fingerprint density at radius 2 is 1.35 bits per heavy atom. The van der Waals surface area contributed by atoms with Crippen molar-refractivity contribution in [3.63, 3.8) is 0 Å². The molecule has 8 nitrogen and oxygen atoms in total. The van der Waals surface area contributed by atoms with Gasteiger partial charge in [-0.2, -0.15) is 0 Å². The summed E-state index contributed by atoms with van der Waals surface area (Å²) in [5.74, 6) is -2.01. The lowest BCUT2D eigenvalue weighted by Gasteiger charge is -2.41. The van der Waals surface area contributed by atoms with E-state index in [0.29, 0.717) is 0 Å². The Morgan fingerprint density at radius 3 is 1.80 bits per heavy atom. The van der Waals surface area contributed by atoms with Crippen molar-refractivity contribution >= 4 is 17.9 Å². The minimum atomic E-state index is -1.25. The van der Waals surface area contributed by atoms with Crippen LogP contribution in [0.1, 0.15) is 27.7 Å². The van der Waals surface area contributed by atoms with Crippen molar-refractivity contribution in [1.29, 1.82) is 0 Å². The van der Waals surface area contributed by atoms with Crippen LogP contribution in [-0.4, -0.2) is 53.7 Å². The fourth-order valence-corrected chi connectivity index (χ4v) is 1.89. The van der Waals surface area contributed by atoms with Gasteiger partial charge in [0.15, 0.2) is 6.10 Å². The first-order chi connectivity index (χ1) is 9.22. The molecule has 0 aliphatic carbocycles. The van der Waals surface area contributed by atoms with Crippen LogP contribution in [0.4, 0.5) is 0 Å².